The minimum atomic E-state index is -0.728. The molecule has 1 aromatic carbocycles. The van der Waals surface area contributed by atoms with Gasteiger partial charge in [-0.05, 0) is 38.0 Å². The van der Waals surface area contributed by atoms with Crippen molar-refractivity contribution in [1.29, 1.82) is 0 Å². The van der Waals surface area contributed by atoms with Gasteiger partial charge in [-0.25, -0.2) is 0 Å². The molecule has 3 atom stereocenters. The van der Waals surface area contributed by atoms with Gasteiger partial charge >= 0.3 is 0 Å². The Balaban J connectivity index is 1.81. The van der Waals surface area contributed by atoms with Crippen LogP contribution < -0.4 is 5.32 Å². The fraction of sp³-hybridized carbons (Fsp3) is 0.600. The standard InChI is InChI=1S/C15H22ClNO2/c1-11(9-13-3-5-14(16)6-4-13)17-10-15(18)7-8-19-12(15)2/h3-6,11-12,17-18H,7-10H2,1-2H3. The molecule has 1 aromatic rings. The van der Waals surface area contributed by atoms with Crippen molar-refractivity contribution in [3.63, 3.8) is 0 Å². The average molecular weight is 284 g/mol. The summed E-state index contributed by atoms with van der Waals surface area (Å²) < 4.78 is 5.43. The first-order chi connectivity index (χ1) is 8.99. The van der Waals surface area contributed by atoms with Crippen LogP contribution in [0.4, 0.5) is 0 Å². The number of benzene rings is 1. The molecular weight excluding hydrogens is 262 g/mol. The molecule has 0 spiro atoms. The Hall–Kier alpha value is -0.610. The van der Waals surface area contributed by atoms with E-state index in [1.54, 1.807) is 0 Å². The van der Waals surface area contributed by atoms with E-state index in [0.717, 1.165) is 11.4 Å². The molecule has 19 heavy (non-hydrogen) atoms. The molecule has 0 saturated carbocycles. The normalized spacial score (nSPS) is 28.5. The van der Waals surface area contributed by atoms with Gasteiger partial charge in [-0.15, -0.1) is 0 Å². The van der Waals surface area contributed by atoms with Gasteiger partial charge in [0.2, 0.25) is 0 Å². The molecule has 3 unspecified atom stereocenters. The van der Waals surface area contributed by atoms with Crippen molar-refractivity contribution in [2.75, 3.05) is 13.2 Å². The molecule has 0 bridgehead atoms. The monoisotopic (exact) mass is 283 g/mol. The lowest BCUT2D eigenvalue weighted by atomic mass is 9.96. The summed E-state index contributed by atoms with van der Waals surface area (Å²) in [5.74, 6) is 0. The maximum atomic E-state index is 10.4. The van der Waals surface area contributed by atoms with Crippen molar-refractivity contribution in [1.82, 2.24) is 5.32 Å². The second kappa shape index (κ2) is 6.23. The van der Waals surface area contributed by atoms with Crippen molar-refractivity contribution in [3.8, 4) is 0 Å². The third-order valence-electron chi connectivity index (χ3n) is 3.87. The van der Waals surface area contributed by atoms with Crippen LogP contribution in [0, 0.1) is 0 Å². The lowest BCUT2D eigenvalue weighted by Crippen LogP contribution is -2.48. The van der Waals surface area contributed by atoms with Crippen LogP contribution in [-0.4, -0.2) is 36.0 Å². The first-order valence-corrected chi connectivity index (χ1v) is 7.19. The Kier molecular flexibility index (Phi) is 4.85. The number of rotatable bonds is 5. The molecule has 106 valence electrons. The van der Waals surface area contributed by atoms with E-state index in [9.17, 15) is 5.11 Å². The number of aliphatic hydroxyl groups is 1. The minimum Gasteiger partial charge on any atom is -0.386 e. The number of hydrogen-bond donors (Lipinski definition) is 2. The van der Waals surface area contributed by atoms with Crippen molar-refractivity contribution in [2.24, 2.45) is 0 Å². The van der Waals surface area contributed by atoms with Crippen LogP contribution >= 0.6 is 11.6 Å². The van der Waals surface area contributed by atoms with E-state index in [0.29, 0.717) is 25.6 Å². The van der Waals surface area contributed by atoms with Crippen LogP contribution in [0.3, 0.4) is 0 Å². The number of ether oxygens (including phenoxy) is 1. The van der Waals surface area contributed by atoms with Crippen molar-refractivity contribution in [3.05, 3.63) is 34.9 Å². The second-order valence-corrected chi connectivity index (χ2v) is 5.92. The molecule has 1 aliphatic heterocycles. The van der Waals surface area contributed by atoms with Gasteiger partial charge in [0.05, 0.1) is 6.10 Å². The highest BCUT2D eigenvalue weighted by atomic mass is 35.5. The zero-order valence-corrected chi connectivity index (χ0v) is 12.3. The molecule has 2 rings (SSSR count). The SMILES string of the molecule is CC(Cc1ccc(Cl)cc1)NCC1(O)CCOC1C. The average Bonchev–Trinajstić information content (AvgIpc) is 2.71. The Bertz CT molecular complexity index is 409. The van der Waals surface area contributed by atoms with Gasteiger partial charge in [-0.3, -0.25) is 0 Å². The van der Waals surface area contributed by atoms with Gasteiger partial charge in [0, 0.05) is 30.6 Å². The number of hydrogen-bond acceptors (Lipinski definition) is 3. The summed E-state index contributed by atoms with van der Waals surface area (Å²) >= 11 is 5.87. The summed E-state index contributed by atoms with van der Waals surface area (Å²) in [7, 11) is 0. The molecule has 0 radical (unpaired) electrons. The summed E-state index contributed by atoms with van der Waals surface area (Å²) in [6, 6.07) is 8.19. The zero-order chi connectivity index (χ0) is 13.9. The van der Waals surface area contributed by atoms with Crippen LogP contribution in [0.15, 0.2) is 24.3 Å². The highest BCUT2D eigenvalue weighted by Gasteiger charge is 2.39. The fourth-order valence-corrected chi connectivity index (χ4v) is 2.53. The predicted molar refractivity (Wildman–Crippen MR) is 77.6 cm³/mol. The lowest BCUT2D eigenvalue weighted by molar-refractivity contribution is -0.0273. The summed E-state index contributed by atoms with van der Waals surface area (Å²) in [5, 5.41) is 14.6. The van der Waals surface area contributed by atoms with Crippen molar-refractivity contribution in [2.45, 2.75) is 44.4 Å². The third-order valence-corrected chi connectivity index (χ3v) is 4.12. The highest BCUT2D eigenvalue weighted by molar-refractivity contribution is 6.30. The van der Waals surface area contributed by atoms with Crippen LogP contribution in [0.1, 0.15) is 25.8 Å². The topological polar surface area (TPSA) is 41.5 Å². The highest BCUT2D eigenvalue weighted by Crippen LogP contribution is 2.25. The molecular formula is C15H22ClNO2. The molecule has 2 N–H and O–H groups in total. The van der Waals surface area contributed by atoms with Gasteiger partial charge < -0.3 is 15.2 Å². The van der Waals surface area contributed by atoms with Gasteiger partial charge in [-0.2, -0.15) is 0 Å². The number of nitrogens with one attached hydrogen (secondary N) is 1. The Morgan fingerprint density at radius 3 is 2.74 bits per heavy atom. The lowest BCUT2D eigenvalue weighted by Gasteiger charge is -2.28. The molecule has 1 fully saturated rings. The maximum absolute atomic E-state index is 10.4. The van der Waals surface area contributed by atoms with Crippen molar-refractivity contribution < 1.29 is 9.84 Å². The Morgan fingerprint density at radius 1 is 1.47 bits per heavy atom. The first kappa shape index (κ1) is 14.8. The van der Waals surface area contributed by atoms with E-state index in [2.05, 4.69) is 12.2 Å². The van der Waals surface area contributed by atoms with Crippen LogP contribution in [0.25, 0.3) is 0 Å². The smallest absolute Gasteiger partial charge is 0.105 e. The largest absolute Gasteiger partial charge is 0.386 e. The van der Waals surface area contributed by atoms with Gasteiger partial charge in [0.25, 0.3) is 0 Å². The van der Waals surface area contributed by atoms with Crippen LogP contribution in [0.5, 0.6) is 0 Å². The Labute approximate surface area is 119 Å². The van der Waals surface area contributed by atoms with E-state index in [-0.39, 0.29) is 6.10 Å². The zero-order valence-electron chi connectivity index (χ0n) is 11.5. The molecule has 1 heterocycles. The quantitative estimate of drug-likeness (QED) is 0.872. The van der Waals surface area contributed by atoms with E-state index in [1.165, 1.54) is 5.56 Å². The van der Waals surface area contributed by atoms with Crippen LogP contribution in [-0.2, 0) is 11.2 Å². The van der Waals surface area contributed by atoms with Gasteiger partial charge in [0.15, 0.2) is 0 Å². The van der Waals surface area contributed by atoms with E-state index in [4.69, 9.17) is 16.3 Å². The summed E-state index contributed by atoms with van der Waals surface area (Å²) in [6.45, 7) is 5.27. The number of halogens is 1. The Morgan fingerprint density at radius 2 is 2.16 bits per heavy atom. The van der Waals surface area contributed by atoms with E-state index < -0.39 is 5.60 Å². The summed E-state index contributed by atoms with van der Waals surface area (Å²) in [4.78, 5) is 0. The molecule has 1 aliphatic rings. The molecule has 0 aliphatic carbocycles. The fourth-order valence-electron chi connectivity index (χ4n) is 2.40. The van der Waals surface area contributed by atoms with Gasteiger partial charge in [-0.1, -0.05) is 23.7 Å². The molecule has 1 saturated heterocycles. The van der Waals surface area contributed by atoms with Gasteiger partial charge in [0.1, 0.15) is 5.60 Å². The third kappa shape index (κ3) is 3.93. The van der Waals surface area contributed by atoms with E-state index >= 15 is 0 Å². The first-order valence-electron chi connectivity index (χ1n) is 6.81. The second-order valence-electron chi connectivity index (χ2n) is 5.48. The summed E-state index contributed by atoms with van der Waals surface area (Å²) in [6.07, 6.45) is 1.53. The molecule has 0 aromatic heterocycles. The maximum Gasteiger partial charge on any atom is 0.105 e. The molecule has 0 amide bonds. The van der Waals surface area contributed by atoms with Crippen LogP contribution in [0.2, 0.25) is 5.02 Å². The van der Waals surface area contributed by atoms with Crippen molar-refractivity contribution >= 4 is 11.6 Å². The van der Waals surface area contributed by atoms with E-state index in [1.807, 2.05) is 31.2 Å². The summed E-state index contributed by atoms with van der Waals surface area (Å²) in [5.41, 5.74) is 0.515. The minimum absolute atomic E-state index is 0.0947. The molecule has 4 heteroatoms. The predicted octanol–water partition coefficient (Wildman–Crippen LogP) is 2.40. The molecule has 3 nitrogen and oxygen atoms in total.